The summed E-state index contributed by atoms with van der Waals surface area (Å²) in [5.74, 6) is 0. The summed E-state index contributed by atoms with van der Waals surface area (Å²) >= 11 is 0. The van der Waals surface area contributed by atoms with Crippen molar-refractivity contribution in [3.63, 3.8) is 0 Å². The van der Waals surface area contributed by atoms with Crippen molar-refractivity contribution in [1.82, 2.24) is 9.88 Å². The zero-order valence-electron chi connectivity index (χ0n) is 10.5. The first kappa shape index (κ1) is 11.5. The summed E-state index contributed by atoms with van der Waals surface area (Å²) in [7, 11) is 0. The third-order valence-corrected chi connectivity index (χ3v) is 4.07. The molecule has 1 N–H and O–H groups in total. The highest BCUT2D eigenvalue weighted by Gasteiger charge is 2.31. The van der Waals surface area contributed by atoms with Crippen LogP contribution in [0.1, 0.15) is 31.4 Å². The molecular formula is C14H18N4. The molecule has 0 saturated carbocycles. The molecule has 3 rings (SSSR count). The van der Waals surface area contributed by atoms with Crippen LogP contribution in [0, 0.1) is 11.3 Å². The topological polar surface area (TPSA) is 52.0 Å². The summed E-state index contributed by atoms with van der Waals surface area (Å²) < 4.78 is 0. The minimum atomic E-state index is 0.478. The van der Waals surface area contributed by atoms with Crippen molar-refractivity contribution in [1.29, 1.82) is 5.26 Å². The van der Waals surface area contributed by atoms with Gasteiger partial charge in [0.15, 0.2) is 0 Å². The fraction of sp³-hybridized carbons (Fsp3) is 0.571. The first-order chi connectivity index (χ1) is 8.85. The van der Waals surface area contributed by atoms with Crippen LogP contribution in [0.4, 0.5) is 5.69 Å². The second-order valence-corrected chi connectivity index (χ2v) is 5.24. The number of nitrogens with zero attached hydrogens (tertiary/aromatic N) is 3. The molecular weight excluding hydrogens is 224 g/mol. The Labute approximate surface area is 108 Å². The van der Waals surface area contributed by atoms with E-state index in [9.17, 15) is 0 Å². The lowest BCUT2D eigenvalue weighted by Crippen LogP contribution is -2.42. The van der Waals surface area contributed by atoms with Gasteiger partial charge in [-0.25, -0.2) is 4.98 Å². The van der Waals surface area contributed by atoms with Crippen molar-refractivity contribution in [2.24, 2.45) is 0 Å². The number of rotatable bonds is 2. The summed E-state index contributed by atoms with van der Waals surface area (Å²) in [6.07, 6.45) is 6.91. The van der Waals surface area contributed by atoms with Crippen LogP contribution in [0.3, 0.4) is 0 Å². The largest absolute Gasteiger partial charge is 0.381 e. The van der Waals surface area contributed by atoms with Gasteiger partial charge >= 0.3 is 0 Å². The van der Waals surface area contributed by atoms with E-state index in [0.717, 1.165) is 11.7 Å². The van der Waals surface area contributed by atoms with Crippen molar-refractivity contribution in [2.75, 3.05) is 18.4 Å². The Hall–Kier alpha value is -1.60. The molecule has 4 nitrogen and oxygen atoms in total. The van der Waals surface area contributed by atoms with Gasteiger partial charge in [0, 0.05) is 18.6 Å². The molecule has 2 fully saturated rings. The maximum atomic E-state index is 8.71. The molecule has 4 heteroatoms. The number of nitrogens with one attached hydrogen (secondary N) is 1. The van der Waals surface area contributed by atoms with E-state index in [-0.39, 0.29) is 0 Å². The first-order valence-corrected chi connectivity index (χ1v) is 6.72. The number of anilines is 1. The van der Waals surface area contributed by atoms with E-state index in [0.29, 0.717) is 11.7 Å². The molecule has 2 aliphatic rings. The van der Waals surface area contributed by atoms with Gasteiger partial charge in [0.05, 0.1) is 11.9 Å². The standard InChI is InChI=1S/C14H18N4/c15-9-12-3-4-13(10-16-12)17-11-5-7-18-6-1-2-14(18)8-11/h3-4,10-11,14,17H,1-2,5-8H2. The summed E-state index contributed by atoms with van der Waals surface area (Å²) in [6, 6.07) is 7.10. The van der Waals surface area contributed by atoms with Crippen LogP contribution in [0.15, 0.2) is 18.3 Å². The lowest BCUT2D eigenvalue weighted by molar-refractivity contribution is 0.188. The molecule has 2 atom stereocenters. The monoisotopic (exact) mass is 242 g/mol. The van der Waals surface area contributed by atoms with Crippen LogP contribution in [0.25, 0.3) is 0 Å². The van der Waals surface area contributed by atoms with Crippen molar-refractivity contribution in [3.8, 4) is 6.07 Å². The van der Waals surface area contributed by atoms with Gasteiger partial charge in [0.2, 0.25) is 0 Å². The van der Waals surface area contributed by atoms with Crippen LogP contribution in [0.5, 0.6) is 0 Å². The van der Waals surface area contributed by atoms with Gasteiger partial charge in [-0.2, -0.15) is 5.26 Å². The van der Waals surface area contributed by atoms with E-state index in [4.69, 9.17) is 5.26 Å². The Morgan fingerprint density at radius 3 is 3.06 bits per heavy atom. The van der Waals surface area contributed by atoms with Gasteiger partial charge in [-0.15, -0.1) is 0 Å². The number of hydrogen-bond donors (Lipinski definition) is 1. The molecule has 1 aromatic heterocycles. The van der Waals surface area contributed by atoms with Gasteiger partial charge in [0.1, 0.15) is 11.8 Å². The molecule has 2 saturated heterocycles. The highest BCUT2D eigenvalue weighted by atomic mass is 15.2. The predicted molar refractivity (Wildman–Crippen MR) is 70.2 cm³/mol. The van der Waals surface area contributed by atoms with Crippen LogP contribution < -0.4 is 5.32 Å². The normalized spacial score (nSPS) is 27.5. The molecule has 0 spiro atoms. The molecule has 94 valence electrons. The third kappa shape index (κ3) is 2.32. The molecule has 0 aromatic carbocycles. The molecule has 0 radical (unpaired) electrons. The average Bonchev–Trinajstić information content (AvgIpc) is 2.87. The number of nitriles is 1. The maximum absolute atomic E-state index is 8.71. The molecule has 18 heavy (non-hydrogen) atoms. The molecule has 2 unspecified atom stereocenters. The first-order valence-electron chi connectivity index (χ1n) is 6.72. The summed E-state index contributed by atoms with van der Waals surface area (Å²) in [5, 5.41) is 12.3. The molecule has 0 bridgehead atoms. The van der Waals surface area contributed by atoms with Gasteiger partial charge in [-0.3, -0.25) is 0 Å². The molecule has 0 amide bonds. The zero-order valence-corrected chi connectivity index (χ0v) is 10.5. The Bertz CT molecular complexity index is 448. The van der Waals surface area contributed by atoms with Crippen LogP contribution in [0.2, 0.25) is 0 Å². The number of aromatic nitrogens is 1. The smallest absolute Gasteiger partial charge is 0.140 e. The van der Waals surface area contributed by atoms with Crippen LogP contribution in [-0.2, 0) is 0 Å². The van der Waals surface area contributed by atoms with Gasteiger partial charge in [-0.1, -0.05) is 0 Å². The van der Waals surface area contributed by atoms with Gasteiger partial charge in [0.25, 0.3) is 0 Å². The second kappa shape index (κ2) is 4.95. The maximum Gasteiger partial charge on any atom is 0.140 e. The van der Waals surface area contributed by atoms with E-state index in [1.165, 1.54) is 38.8 Å². The van der Waals surface area contributed by atoms with Crippen molar-refractivity contribution in [3.05, 3.63) is 24.0 Å². The Balaban J connectivity index is 1.60. The lowest BCUT2D eigenvalue weighted by Gasteiger charge is -2.35. The van der Waals surface area contributed by atoms with Crippen LogP contribution >= 0.6 is 0 Å². The van der Waals surface area contributed by atoms with E-state index < -0.39 is 0 Å². The Morgan fingerprint density at radius 2 is 2.28 bits per heavy atom. The van der Waals surface area contributed by atoms with E-state index in [1.807, 2.05) is 12.1 Å². The number of fused-ring (bicyclic) bond motifs is 1. The predicted octanol–water partition coefficient (Wildman–Crippen LogP) is 1.99. The average molecular weight is 242 g/mol. The Morgan fingerprint density at radius 1 is 1.33 bits per heavy atom. The second-order valence-electron chi connectivity index (χ2n) is 5.24. The minimum Gasteiger partial charge on any atom is -0.381 e. The van der Waals surface area contributed by atoms with Crippen molar-refractivity contribution >= 4 is 5.69 Å². The van der Waals surface area contributed by atoms with Crippen LogP contribution in [-0.4, -0.2) is 35.1 Å². The Kier molecular flexibility index (Phi) is 3.16. The van der Waals surface area contributed by atoms with E-state index in [2.05, 4.69) is 15.2 Å². The number of piperidine rings is 1. The highest BCUT2D eigenvalue weighted by Crippen LogP contribution is 2.28. The molecule has 2 aliphatic heterocycles. The van der Waals surface area contributed by atoms with E-state index >= 15 is 0 Å². The zero-order chi connectivity index (χ0) is 12.4. The lowest BCUT2D eigenvalue weighted by atomic mass is 9.97. The van der Waals surface area contributed by atoms with Gasteiger partial charge in [-0.05, 0) is 44.4 Å². The van der Waals surface area contributed by atoms with E-state index in [1.54, 1.807) is 12.3 Å². The molecule has 0 aliphatic carbocycles. The fourth-order valence-corrected chi connectivity index (χ4v) is 3.14. The van der Waals surface area contributed by atoms with Gasteiger partial charge < -0.3 is 10.2 Å². The van der Waals surface area contributed by atoms with Crippen molar-refractivity contribution < 1.29 is 0 Å². The molecule has 3 heterocycles. The summed E-state index contributed by atoms with van der Waals surface area (Å²) in [4.78, 5) is 6.72. The third-order valence-electron chi connectivity index (χ3n) is 4.07. The SMILES string of the molecule is N#Cc1ccc(NC2CCN3CCCC3C2)cn1. The minimum absolute atomic E-state index is 0.478. The molecule has 1 aromatic rings. The summed E-state index contributed by atoms with van der Waals surface area (Å²) in [5.41, 5.74) is 1.51. The quantitative estimate of drug-likeness (QED) is 0.861. The summed E-state index contributed by atoms with van der Waals surface area (Å²) in [6.45, 7) is 2.50. The fourth-order valence-electron chi connectivity index (χ4n) is 3.14. The number of hydrogen-bond acceptors (Lipinski definition) is 4. The van der Waals surface area contributed by atoms with Crippen molar-refractivity contribution in [2.45, 2.75) is 37.8 Å². The number of pyridine rings is 1. The highest BCUT2D eigenvalue weighted by molar-refractivity contribution is 5.43.